The number of ether oxygens (including phenoxy) is 1. The van der Waals surface area contributed by atoms with Crippen LogP contribution in [0.25, 0.3) is 0 Å². The van der Waals surface area contributed by atoms with Crippen LogP contribution in [0.3, 0.4) is 0 Å². The molecule has 1 saturated heterocycles. The van der Waals surface area contributed by atoms with E-state index in [1.807, 2.05) is 13.8 Å². The molecule has 1 aliphatic heterocycles. The minimum absolute atomic E-state index is 0.0228. The Kier molecular flexibility index (Phi) is 3.51. The molecule has 2 atom stereocenters. The van der Waals surface area contributed by atoms with Gasteiger partial charge in [0.2, 0.25) is 10.0 Å². The highest BCUT2D eigenvalue weighted by Gasteiger charge is 2.48. The third-order valence-electron chi connectivity index (χ3n) is 4.26. The van der Waals surface area contributed by atoms with Crippen molar-refractivity contribution in [2.45, 2.75) is 50.4 Å². The van der Waals surface area contributed by atoms with E-state index in [1.54, 1.807) is 0 Å². The number of hydrogen-bond acceptors (Lipinski definition) is 4. The van der Waals surface area contributed by atoms with Crippen LogP contribution in [0.4, 0.5) is 0 Å². The largest absolute Gasteiger partial charge is 0.381 e. The molecular formula is C11H22N2O3S. The van der Waals surface area contributed by atoms with E-state index in [1.165, 1.54) is 0 Å². The van der Waals surface area contributed by atoms with E-state index in [9.17, 15) is 8.42 Å². The van der Waals surface area contributed by atoms with Crippen LogP contribution in [0.15, 0.2) is 0 Å². The minimum Gasteiger partial charge on any atom is -0.381 e. The summed E-state index contributed by atoms with van der Waals surface area (Å²) in [6.45, 7) is 5.11. The van der Waals surface area contributed by atoms with Gasteiger partial charge in [0.25, 0.3) is 0 Å². The van der Waals surface area contributed by atoms with Gasteiger partial charge in [0.15, 0.2) is 0 Å². The van der Waals surface area contributed by atoms with Gasteiger partial charge in [-0.1, -0.05) is 13.8 Å². The molecule has 1 aliphatic carbocycles. The fourth-order valence-electron chi connectivity index (χ4n) is 2.44. The molecule has 0 aromatic rings. The molecule has 2 rings (SSSR count). The molecule has 3 N–H and O–H groups in total. The average molecular weight is 262 g/mol. The van der Waals surface area contributed by atoms with Gasteiger partial charge in [0.05, 0.1) is 5.25 Å². The second-order valence-electron chi connectivity index (χ2n) is 5.69. The molecule has 0 amide bonds. The van der Waals surface area contributed by atoms with Gasteiger partial charge in [-0.2, -0.15) is 0 Å². The molecule has 0 bridgehead atoms. The Labute approximate surface area is 103 Å². The van der Waals surface area contributed by atoms with E-state index < -0.39 is 10.0 Å². The average Bonchev–Trinajstić information content (AvgIpc) is 2.30. The van der Waals surface area contributed by atoms with Crippen molar-refractivity contribution in [3.8, 4) is 0 Å². The zero-order valence-corrected chi connectivity index (χ0v) is 11.3. The van der Waals surface area contributed by atoms with Crippen molar-refractivity contribution in [3.63, 3.8) is 0 Å². The number of sulfonamides is 1. The van der Waals surface area contributed by atoms with E-state index >= 15 is 0 Å². The third-order valence-corrected chi connectivity index (χ3v) is 6.22. The van der Waals surface area contributed by atoms with E-state index in [2.05, 4.69) is 4.72 Å². The van der Waals surface area contributed by atoms with Crippen LogP contribution < -0.4 is 10.5 Å². The highest BCUT2D eigenvalue weighted by molar-refractivity contribution is 7.90. The summed E-state index contributed by atoms with van der Waals surface area (Å²) < 4.78 is 32.4. The van der Waals surface area contributed by atoms with Crippen molar-refractivity contribution < 1.29 is 13.2 Å². The first-order chi connectivity index (χ1) is 7.84. The Balaban J connectivity index is 1.98. The van der Waals surface area contributed by atoms with Crippen molar-refractivity contribution in [1.82, 2.24) is 4.72 Å². The summed E-state index contributed by atoms with van der Waals surface area (Å²) in [7, 11) is -3.22. The zero-order valence-electron chi connectivity index (χ0n) is 10.5. The Morgan fingerprint density at radius 1 is 1.29 bits per heavy atom. The van der Waals surface area contributed by atoms with Crippen molar-refractivity contribution in [1.29, 1.82) is 0 Å². The molecule has 0 radical (unpaired) electrons. The lowest BCUT2D eigenvalue weighted by Crippen LogP contribution is -2.65. The Morgan fingerprint density at radius 3 is 2.35 bits per heavy atom. The molecule has 17 heavy (non-hydrogen) atoms. The summed E-state index contributed by atoms with van der Waals surface area (Å²) in [4.78, 5) is 0. The molecule has 100 valence electrons. The lowest BCUT2D eigenvalue weighted by Gasteiger charge is -2.50. The first kappa shape index (κ1) is 13.3. The van der Waals surface area contributed by atoms with E-state index in [0.29, 0.717) is 26.1 Å². The van der Waals surface area contributed by atoms with Crippen LogP contribution >= 0.6 is 0 Å². The van der Waals surface area contributed by atoms with Gasteiger partial charge < -0.3 is 10.5 Å². The highest BCUT2D eigenvalue weighted by Crippen LogP contribution is 2.39. The summed E-state index contributed by atoms with van der Waals surface area (Å²) in [5.74, 6) is 0. The number of nitrogens with one attached hydrogen (secondary N) is 1. The fourth-order valence-corrected chi connectivity index (χ4v) is 4.24. The number of rotatable bonds is 3. The molecule has 2 fully saturated rings. The van der Waals surface area contributed by atoms with Crippen LogP contribution in [0.2, 0.25) is 0 Å². The van der Waals surface area contributed by atoms with Gasteiger partial charge in [0.1, 0.15) is 0 Å². The second-order valence-corrected chi connectivity index (χ2v) is 7.68. The maximum absolute atomic E-state index is 12.2. The highest BCUT2D eigenvalue weighted by atomic mass is 32.2. The van der Waals surface area contributed by atoms with Gasteiger partial charge in [-0.05, 0) is 24.7 Å². The van der Waals surface area contributed by atoms with Gasteiger partial charge in [0, 0.05) is 25.3 Å². The number of hydrogen-bond donors (Lipinski definition) is 2. The van der Waals surface area contributed by atoms with Crippen LogP contribution in [0.1, 0.15) is 33.1 Å². The van der Waals surface area contributed by atoms with Crippen LogP contribution in [-0.4, -0.2) is 39.0 Å². The monoisotopic (exact) mass is 262 g/mol. The predicted octanol–water partition coefficient (Wildman–Crippen LogP) is 0.211. The summed E-state index contributed by atoms with van der Waals surface area (Å²) in [6, 6.07) is 0.0650. The van der Waals surface area contributed by atoms with Gasteiger partial charge >= 0.3 is 0 Å². The summed E-state index contributed by atoms with van der Waals surface area (Å²) in [5.41, 5.74) is 5.75. The maximum Gasteiger partial charge on any atom is 0.214 e. The maximum atomic E-state index is 12.2. The van der Waals surface area contributed by atoms with Crippen molar-refractivity contribution in [2.24, 2.45) is 11.1 Å². The van der Waals surface area contributed by atoms with Crippen LogP contribution in [0.5, 0.6) is 0 Å². The number of nitrogens with two attached hydrogens (primary N) is 1. The fraction of sp³-hybridized carbons (Fsp3) is 1.00. The van der Waals surface area contributed by atoms with Gasteiger partial charge in [-0.15, -0.1) is 0 Å². The lowest BCUT2D eigenvalue weighted by molar-refractivity contribution is 0.0859. The first-order valence-corrected chi connectivity index (χ1v) is 7.73. The lowest BCUT2D eigenvalue weighted by atomic mass is 9.64. The molecule has 0 spiro atoms. The van der Waals surface area contributed by atoms with E-state index in [-0.39, 0.29) is 22.7 Å². The predicted molar refractivity (Wildman–Crippen MR) is 66.1 cm³/mol. The molecular weight excluding hydrogens is 240 g/mol. The van der Waals surface area contributed by atoms with Crippen molar-refractivity contribution >= 4 is 10.0 Å². The van der Waals surface area contributed by atoms with E-state index in [4.69, 9.17) is 10.5 Å². The molecule has 0 aromatic heterocycles. The van der Waals surface area contributed by atoms with Gasteiger partial charge in [-0.3, -0.25) is 0 Å². The normalized spacial score (nSPS) is 34.3. The molecule has 1 heterocycles. The van der Waals surface area contributed by atoms with Crippen LogP contribution in [-0.2, 0) is 14.8 Å². The summed E-state index contributed by atoms with van der Waals surface area (Å²) in [5, 5.41) is -0.302. The molecule has 0 aromatic carbocycles. The topological polar surface area (TPSA) is 81.4 Å². The standard InChI is InChI=1S/C11H22N2O3S/c1-11(2)9(12)7-10(11)13-17(14,15)8-3-5-16-6-4-8/h8-10,13H,3-7,12H2,1-2H3. The van der Waals surface area contributed by atoms with E-state index in [0.717, 1.165) is 6.42 Å². The third kappa shape index (κ3) is 2.50. The Hall–Kier alpha value is -0.170. The molecule has 1 saturated carbocycles. The Bertz CT molecular complexity index is 374. The van der Waals surface area contributed by atoms with Crippen LogP contribution in [0, 0.1) is 5.41 Å². The molecule has 6 heteroatoms. The van der Waals surface area contributed by atoms with Crippen molar-refractivity contribution in [3.05, 3.63) is 0 Å². The summed E-state index contributed by atoms with van der Waals surface area (Å²) in [6.07, 6.45) is 1.92. The first-order valence-electron chi connectivity index (χ1n) is 6.18. The molecule has 2 unspecified atom stereocenters. The van der Waals surface area contributed by atoms with Crippen molar-refractivity contribution in [2.75, 3.05) is 13.2 Å². The van der Waals surface area contributed by atoms with Gasteiger partial charge in [-0.25, -0.2) is 13.1 Å². The minimum atomic E-state index is -3.22. The SMILES string of the molecule is CC1(C)C(N)CC1NS(=O)(=O)C1CCOCC1. The Morgan fingerprint density at radius 2 is 1.88 bits per heavy atom. The summed E-state index contributed by atoms with van der Waals surface area (Å²) >= 11 is 0. The zero-order chi connectivity index (χ0) is 12.7. The second kappa shape index (κ2) is 4.50. The molecule has 2 aliphatic rings. The smallest absolute Gasteiger partial charge is 0.214 e. The molecule has 5 nitrogen and oxygen atoms in total. The quantitative estimate of drug-likeness (QED) is 0.762.